The zero-order valence-electron chi connectivity index (χ0n) is 8.71. The molecule has 0 spiro atoms. The molecule has 80 valence electrons. The molecule has 0 aromatic carbocycles. The van der Waals surface area contributed by atoms with E-state index in [4.69, 9.17) is 13.9 Å². The molecule has 0 aliphatic heterocycles. The number of nitrogens with one attached hydrogen (secondary N) is 1. The van der Waals surface area contributed by atoms with E-state index in [1.165, 1.54) is 0 Å². The third-order valence-corrected chi connectivity index (χ3v) is 1.79. The van der Waals surface area contributed by atoms with Crippen molar-refractivity contribution in [3.05, 3.63) is 23.7 Å². The highest BCUT2D eigenvalue weighted by atomic mass is 16.5. The minimum Gasteiger partial charge on any atom is -0.462 e. The van der Waals surface area contributed by atoms with Crippen LogP contribution in [0.25, 0.3) is 0 Å². The van der Waals surface area contributed by atoms with Crippen molar-refractivity contribution in [1.29, 1.82) is 0 Å². The molecule has 0 saturated heterocycles. The van der Waals surface area contributed by atoms with Gasteiger partial charge in [0, 0.05) is 20.8 Å². The van der Waals surface area contributed by atoms with Gasteiger partial charge in [0.1, 0.15) is 18.1 Å². The molecule has 0 bridgehead atoms. The molecule has 1 heterocycles. The van der Waals surface area contributed by atoms with Crippen LogP contribution in [0, 0.1) is 0 Å². The highest BCUT2D eigenvalue weighted by molar-refractivity contribution is 5.06. The van der Waals surface area contributed by atoms with Gasteiger partial charge in [-0.3, -0.25) is 0 Å². The zero-order valence-corrected chi connectivity index (χ0v) is 8.71. The van der Waals surface area contributed by atoms with Gasteiger partial charge in [0.15, 0.2) is 0 Å². The van der Waals surface area contributed by atoms with Gasteiger partial charge in [-0.2, -0.15) is 0 Å². The van der Waals surface area contributed by atoms with E-state index in [1.54, 1.807) is 14.2 Å². The standard InChI is InChI=1S/C10H17NO3/c1-12-6-5-11-7-9-3-4-10(14-9)8-13-2/h3-4,11H,5-8H2,1-2H3. The van der Waals surface area contributed by atoms with Crippen LogP contribution in [0.5, 0.6) is 0 Å². The van der Waals surface area contributed by atoms with Crippen LogP contribution in [-0.4, -0.2) is 27.4 Å². The fraction of sp³-hybridized carbons (Fsp3) is 0.600. The van der Waals surface area contributed by atoms with Crippen LogP contribution in [-0.2, 0) is 22.6 Å². The maximum absolute atomic E-state index is 5.48. The second-order valence-corrected chi connectivity index (χ2v) is 2.97. The maximum Gasteiger partial charge on any atom is 0.129 e. The maximum atomic E-state index is 5.48. The molecule has 4 heteroatoms. The number of methoxy groups -OCH3 is 2. The summed E-state index contributed by atoms with van der Waals surface area (Å²) in [6.45, 7) is 2.80. The second-order valence-electron chi connectivity index (χ2n) is 2.97. The Kier molecular flexibility index (Phi) is 5.29. The van der Waals surface area contributed by atoms with Gasteiger partial charge in [-0.05, 0) is 12.1 Å². The Labute approximate surface area is 84.2 Å². The van der Waals surface area contributed by atoms with E-state index in [-0.39, 0.29) is 0 Å². The van der Waals surface area contributed by atoms with E-state index in [1.807, 2.05) is 12.1 Å². The van der Waals surface area contributed by atoms with Gasteiger partial charge in [0.05, 0.1) is 13.2 Å². The summed E-state index contributed by atoms with van der Waals surface area (Å²) >= 11 is 0. The van der Waals surface area contributed by atoms with Crippen molar-refractivity contribution in [2.24, 2.45) is 0 Å². The van der Waals surface area contributed by atoms with Crippen molar-refractivity contribution in [1.82, 2.24) is 5.32 Å². The topological polar surface area (TPSA) is 43.6 Å². The normalized spacial score (nSPS) is 10.7. The van der Waals surface area contributed by atoms with Crippen molar-refractivity contribution in [3.63, 3.8) is 0 Å². The Morgan fingerprint density at radius 2 is 2.00 bits per heavy atom. The molecule has 14 heavy (non-hydrogen) atoms. The minimum absolute atomic E-state index is 0.526. The summed E-state index contributed by atoms with van der Waals surface area (Å²) in [6, 6.07) is 3.88. The number of ether oxygens (including phenoxy) is 2. The van der Waals surface area contributed by atoms with Gasteiger partial charge in [-0.25, -0.2) is 0 Å². The Hall–Kier alpha value is -0.840. The molecule has 1 aromatic rings. The average molecular weight is 199 g/mol. The summed E-state index contributed by atoms with van der Waals surface area (Å²) in [4.78, 5) is 0. The number of hydrogen-bond acceptors (Lipinski definition) is 4. The first-order valence-electron chi connectivity index (χ1n) is 4.63. The fourth-order valence-corrected chi connectivity index (χ4v) is 1.12. The molecule has 0 radical (unpaired) electrons. The van der Waals surface area contributed by atoms with Crippen LogP contribution in [0.1, 0.15) is 11.5 Å². The first kappa shape index (κ1) is 11.2. The number of hydrogen-bond donors (Lipinski definition) is 1. The molecule has 1 rings (SSSR count). The molecule has 1 aromatic heterocycles. The number of rotatable bonds is 7. The summed E-state index contributed by atoms with van der Waals surface area (Å²) in [5.74, 6) is 1.78. The van der Waals surface area contributed by atoms with Crippen LogP contribution in [0.4, 0.5) is 0 Å². The lowest BCUT2D eigenvalue weighted by Gasteiger charge is -2.00. The van der Waals surface area contributed by atoms with E-state index in [0.29, 0.717) is 13.2 Å². The zero-order chi connectivity index (χ0) is 10.2. The lowest BCUT2D eigenvalue weighted by atomic mass is 10.4. The Bertz CT molecular complexity index is 247. The van der Waals surface area contributed by atoms with Gasteiger partial charge in [0.25, 0.3) is 0 Å². The summed E-state index contributed by atoms with van der Waals surface area (Å²) in [5, 5.41) is 3.20. The number of furan rings is 1. The lowest BCUT2D eigenvalue weighted by Crippen LogP contribution is -2.18. The van der Waals surface area contributed by atoms with Crippen molar-refractivity contribution < 1.29 is 13.9 Å². The molecule has 0 unspecified atom stereocenters. The summed E-state index contributed by atoms with van der Waals surface area (Å²) < 4.78 is 15.3. The van der Waals surface area contributed by atoms with E-state index >= 15 is 0 Å². The van der Waals surface area contributed by atoms with Crippen molar-refractivity contribution in [2.75, 3.05) is 27.4 Å². The third kappa shape index (κ3) is 3.91. The Morgan fingerprint density at radius 1 is 1.21 bits per heavy atom. The molecule has 4 nitrogen and oxygen atoms in total. The monoisotopic (exact) mass is 199 g/mol. The molecule has 0 atom stereocenters. The van der Waals surface area contributed by atoms with Gasteiger partial charge in [-0.1, -0.05) is 0 Å². The summed E-state index contributed by atoms with van der Waals surface area (Å²) in [6.07, 6.45) is 0. The van der Waals surface area contributed by atoms with Crippen LogP contribution in [0.15, 0.2) is 16.5 Å². The van der Waals surface area contributed by atoms with Gasteiger partial charge in [0.2, 0.25) is 0 Å². The Morgan fingerprint density at radius 3 is 2.71 bits per heavy atom. The highest BCUT2D eigenvalue weighted by Gasteiger charge is 2.00. The molecule has 0 fully saturated rings. The van der Waals surface area contributed by atoms with E-state index in [2.05, 4.69) is 5.32 Å². The van der Waals surface area contributed by atoms with Crippen LogP contribution in [0.3, 0.4) is 0 Å². The second kappa shape index (κ2) is 6.59. The Balaban J connectivity index is 2.22. The molecule has 1 N–H and O–H groups in total. The van der Waals surface area contributed by atoms with E-state index < -0.39 is 0 Å². The van der Waals surface area contributed by atoms with E-state index in [0.717, 1.165) is 24.6 Å². The van der Waals surface area contributed by atoms with Gasteiger partial charge in [-0.15, -0.1) is 0 Å². The summed E-state index contributed by atoms with van der Waals surface area (Å²) in [5.41, 5.74) is 0. The van der Waals surface area contributed by atoms with Crippen LogP contribution >= 0.6 is 0 Å². The molecular weight excluding hydrogens is 182 g/mol. The van der Waals surface area contributed by atoms with Gasteiger partial charge >= 0.3 is 0 Å². The molecule has 0 amide bonds. The molecule has 0 saturated carbocycles. The van der Waals surface area contributed by atoms with Gasteiger partial charge < -0.3 is 19.2 Å². The molecule has 0 aliphatic carbocycles. The largest absolute Gasteiger partial charge is 0.462 e. The lowest BCUT2D eigenvalue weighted by molar-refractivity contribution is 0.162. The van der Waals surface area contributed by atoms with Crippen molar-refractivity contribution in [2.45, 2.75) is 13.2 Å². The van der Waals surface area contributed by atoms with Crippen molar-refractivity contribution >= 4 is 0 Å². The molecular formula is C10H17NO3. The highest BCUT2D eigenvalue weighted by Crippen LogP contribution is 2.08. The first-order valence-corrected chi connectivity index (χ1v) is 4.63. The van der Waals surface area contributed by atoms with E-state index in [9.17, 15) is 0 Å². The predicted octanol–water partition coefficient (Wildman–Crippen LogP) is 1.16. The molecule has 0 aliphatic rings. The summed E-state index contributed by atoms with van der Waals surface area (Å²) in [7, 11) is 3.34. The van der Waals surface area contributed by atoms with Crippen molar-refractivity contribution in [3.8, 4) is 0 Å². The predicted molar refractivity (Wildman–Crippen MR) is 53.0 cm³/mol. The van der Waals surface area contributed by atoms with Crippen LogP contribution in [0.2, 0.25) is 0 Å². The minimum atomic E-state index is 0.526. The fourth-order valence-electron chi connectivity index (χ4n) is 1.12. The smallest absolute Gasteiger partial charge is 0.129 e. The average Bonchev–Trinajstić information content (AvgIpc) is 2.61. The quantitative estimate of drug-likeness (QED) is 0.669. The SMILES string of the molecule is COCCNCc1ccc(COC)o1. The van der Waals surface area contributed by atoms with Crippen LogP contribution < -0.4 is 5.32 Å². The first-order chi connectivity index (χ1) is 6.86. The third-order valence-electron chi connectivity index (χ3n) is 1.79.